The van der Waals surface area contributed by atoms with Gasteiger partial charge in [0.15, 0.2) is 0 Å². The Labute approximate surface area is 100 Å². The fourth-order valence-electron chi connectivity index (χ4n) is 2.11. The molecule has 3 heteroatoms. The van der Waals surface area contributed by atoms with Crippen molar-refractivity contribution < 1.29 is 9.90 Å². The van der Waals surface area contributed by atoms with Gasteiger partial charge < -0.3 is 5.11 Å². The largest absolute Gasteiger partial charge is 0.385 e. The number of carbonyl (C=O) groups is 1. The third-order valence-corrected chi connectivity index (χ3v) is 3.75. The lowest BCUT2D eigenvalue weighted by Gasteiger charge is -2.32. The second kappa shape index (κ2) is 4.19. The van der Waals surface area contributed by atoms with Gasteiger partial charge in [-0.15, -0.1) is 0 Å². The second-order valence-electron chi connectivity index (χ2n) is 4.53. The molecule has 0 aliphatic heterocycles. The summed E-state index contributed by atoms with van der Waals surface area (Å²) in [6, 6.07) is 5.62. The van der Waals surface area contributed by atoms with Crippen LogP contribution in [0.25, 0.3) is 0 Å². The fourth-order valence-corrected chi connectivity index (χ4v) is 2.29. The van der Waals surface area contributed by atoms with Gasteiger partial charge in [-0.25, -0.2) is 0 Å². The van der Waals surface area contributed by atoms with Gasteiger partial charge in [0.1, 0.15) is 5.78 Å². The zero-order valence-electron chi connectivity index (χ0n) is 9.29. The number of halogens is 1. The van der Waals surface area contributed by atoms with Gasteiger partial charge >= 0.3 is 0 Å². The van der Waals surface area contributed by atoms with E-state index >= 15 is 0 Å². The van der Waals surface area contributed by atoms with E-state index in [1.54, 1.807) is 0 Å². The molecule has 2 rings (SSSR count). The van der Waals surface area contributed by atoms with E-state index in [4.69, 9.17) is 11.6 Å². The van der Waals surface area contributed by atoms with E-state index in [0.717, 1.165) is 11.1 Å². The zero-order chi connectivity index (χ0) is 11.8. The minimum Gasteiger partial charge on any atom is -0.385 e. The number of hydrogen-bond donors (Lipinski definition) is 1. The van der Waals surface area contributed by atoms with Gasteiger partial charge in [0.25, 0.3) is 0 Å². The summed E-state index contributed by atoms with van der Waals surface area (Å²) >= 11 is 6.05. The molecule has 16 heavy (non-hydrogen) atoms. The number of Topliss-reactive ketones (excluding diaryl/α,β-unsaturated/α-hetero) is 1. The van der Waals surface area contributed by atoms with Crippen molar-refractivity contribution >= 4 is 17.4 Å². The van der Waals surface area contributed by atoms with Gasteiger partial charge in [-0.1, -0.05) is 23.7 Å². The average molecular weight is 239 g/mol. The predicted molar refractivity (Wildman–Crippen MR) is 63.6 cm³/mol. The normalized spacial score (nSPS) is 19.8. The molecule has 1 N–H and O–H groups in total. The fraction of sp³-hybridized carbons (Fsp3) is 0.462. The smallest absolute Gasteiger partial charge is 0.133 e. The van der Waals surface area contributed by atoms with Gasteiger partial charge in [0, 0.05) is 17.9 Å². The molecule has 1 aliphatic rings. The Kier molecular flexibility index (Phi) is 3.04. The quantitative estimate of drug-likeness (QED) is 0.817. The van der Waals surface area contributed by atoms with Crippen molar-refractivity contribution in [3.63, 3.8) is 0 Å². The highest BCUT2D eigenvalue weighted by atomic mass is 35.5. The summed E-state index contributed by atoms with van der Waals surface area (Å²) in [7, 11) is 0. The van der Waals surface area contributed by atoms with Crippen LogP contribution >= 0.6 is 11.6 Å². The van der Waals surface area contributed by atoms with Gasteiger partial charge in [0.2, 0.25) is 0 Å². The van der Waals surface area contributed by atoms with Crippen molar-refractivity contribution in [2.45, 2.75) is 38.2 Å². The lowest BCUT2D eigenvalue weighted by atomic mass is 9.79. The number of aliphatic hydroxyl groups is 1. The first kappa shape index (κ1) is 11.6. The number of ketones is 1. The lowest BCUT2D eigenvalue weighted by molar-refractivity contribution is -0.125. The first-order valence-corrected chi connectivity index (χ1v) is 5.90. The van der Waals surface area contributed by atoms with Gasteiger partial charge in [-0.3, -0.25) is 4.79 Å². The van der Waals surface area contributed by atoms with Crippen molar-refractivity contribution in [1.82, 2.24) is 0 Å². The van der Waals surface area contributed by atoms with Crippen molar-refractivity contribution in [3.8, 4) is 0 Å². The van der Waals surface area contributed by atoms with Crippen molar-refractivity contribution in [2.24, 2.45) is 0 Å². The summed E-state index contributed by atoms with van der Waals surface area (Å²) in [6.07, 6.45) is 1.93. The van der Waals surface area contributed by atoms with E-state index in [2.05, 4.69) is 0 Å². The Morgan fingerprint density at radius 3 is 2.50 bits per heavy atom. The van der Waals surface area contributed by atoms with E-state index in [1.165, 1.54) is 0 Å². The maximum Gasteiger partial charge on any atom is 0.133 e. The monoisotopic (exact) mass is 238 g/mol. The third kappa shape index (κ3) is 2.13. The Bertz CT molecular complexity index is 416. The molecule has 1 fully saturated rings. The first-order valence-electron chi connectivity index (χ1n) is 5.52. The third-order valence-electron chi connectivity index (χ3n) is 3.34. The van der Waals surface area contributed by atoms with Gasteiger partial charge in [-0.05, 0) is 37.0 Å². The number of carbonyl (C=O) groups excluding carboxylic acids is 1. The summed E-state index contributed by atoms with van der Waals surface area (Å²) in [5.41, 5.74) is 0.960. The molecular formula is C13H15ClO2. The minimum atomic E-state index is -0.870. The van der Waals surface area contributed by atoms with Crippen LogP contribution in [-0.2, 0) is 10.4 Å². The van der Waals surface area contributed by atoms with Gasteiger partial charge in [0.05, 0.1) is 5.60 Å². The highest BCUT2D eigenvalue weighted by Gasteiger charge is 2.34. The Morgan fingerprint density at radius 2 is 1.94 bits per heavy atom. The molecule has 0 amide bonds. The Hall–Kier alpha value is -0.860. The maximum absolute atomic E-state index is 11.2. The molecule has 0 saturated heterocycles. The molecule has 1 aromatic carbocycles. The van der Waals surface area contributed by atoms with Crippen LogP contribution in [0.5, 0.6) is 0 Å². The standard InChI is InChI=1S/C13H15ClO2/c1-9-2-3-10(8-12(9)14)13(16)6-4-11(15)5-7-13/h2-3,8,16H,4-7H2,1H3. The van der Waals surface area contributed by atoms with Crippen LogP contribution in [0.1, 0.15) is 36.8 Å². The Morgan fingerprint density at radius 1 is 1.31 bits per heavy atom. The summed E-state index contributed by atoms with van der Waals surface area (Å²) in [5, 5.41) is 11.1. The Balaban J connectivity index is 2.29. The number of aryl methyl sites for hydroxylation is 1. The molecule has 0 atom stereocenters. The van der Waals surface area contributed by atoms with E-state index in [1.807, 2.05) is 25.1 Å². The number of benzene rings is 1. The van der Waals surface area contributed by atoms with Crippen LogP contribution < -0.4 is 0 Å². The molecule has 1 saturated carbocycles. The first-order chi connectivity index (χ1) is 7.51. The average Bonchev–Trinajstić information content (AvgIpc) is 2.26. The second-order valence-corrected chi connectivity index (χ2v) is 4.94. The molecule has 0 bridgehead atoms. The van der Waals surface area contributed by atoms with Crippen LogP contribution in [-0.4, -0.2) is 10.9 Å². The summed E-state index contributed by atoms with van der Waals surface area (Å²) < 4.78 is 0. The van der Waals surface area contributed by atoms with E-state index in [-0.39, 0.29) is 5.78 Å². The zero-order valence-corrected chi connectivity index (χ0v) is 10.0. The SMILES string of the molecule is Cc1ccc(C2(O)CCC(=O)CC2)cc1Cl. The van der Waals surface area contributed by atoms with Crippen molar-refractivity contribution in [1.29, 1.82) is 0 Å². The van der Waals surface area contributed by atoms with Crippen molar-refractivity contribution in [3.05, 3.63) is 34.3 Å². The van der Waals surface area contributed by atoms with E-state index in [9.17, 15) is 9.90 Å². The van der Waals surface area contributed by atoms with E-state index < -0.39 is 5.60 Å². The van der Waals surface area contributed by atoms with Gasteiger partial charge in [-0.2, -0.15) is 0 Å². The number of hydrogen-bond acceptors (Lipinski definition) is 2. The number of rotatable bonds is 1. The summed E-state index contributed by atoms with van der Waals surface area (Å²) in [4.78, 5) is 11.2. The lowest BCUT2D eigenvalue weighted by Crippen LogP contribution is -2.31. The van der Waals surface area contributed by atoms with Crippen molar-refractivity contribution in [2.75, 3.05) is 0 Å². The van der Waals surface area contributed by atoms with E-state index in [0.29, 0.717) is 30.7 Å². The summed E-state index contributed by atoms with van der Waals surface area (Å²) in [6.45, 7) is 1.93. The topological polar surface area (TPSA) is 37.3 Å². The molecule has 1 aromatic rings. The molecule has 0 radical (unpaired) electrons. The van der Waals surface area contributed by atoms with Crippen LogP contribution in [0.3, 0.4) is 0 Å². The molecule has 0 heterocycles. The highest BCUT2D eigenvalue weighted by Crippen LogP contribution is 2.37. The molecular weight excluding hydrogens is 224 g/mol. The molecule has 1 aliphatic carbocycles. The molecule has 0 spiro atoms. The van der Waals surface area contributed by atoms with Crippen LogP contribution in [0.2, 0.25) is 5.02 Å². The summed E-state index contributed by atoms with van der Waals surface area (Å²) in [5.74, 6) is 0.239. The van der Waals surface area contributed by atoms with Crippen LogP contribution in [0.4, 0.5) is 0 Å². The minimum absolute atomic E-state index is 0.239. The molecule has 86 valence electrons. The molecule has 0 unspecified atom stereocenters. The maximum atomic E-state index is 11.2. The van der Waals surface area contributed by atoms with Crippen LogP contribution in [0.15, 0.2) is 18.2 Å². The highest BCUT2D eigenvalue weighted by molar-refractivity contribution is 6.31. The molecule has 2 nitrogen and oxygen atoms in total. The van der Waals surface area contributed by atoms with Crippen LogP contribution in [0, 0.1) is 6.92 Å². The predicted octanol–water partition coefficient (Wildman–Crippen LogP) is 2.98. The molecule has 0 aromatic heterocycles.